The number of carbonyl (C=O) groups excluding carboxylic acids is 2. The summed E-state index contributed by atoms with van der Waals surface area (Å²) in [6, 6.07) is 7.08. The maximum Gasteiger partial charge on any atom is 0.330 e. The second-order valence-corrected chi connectivity index (χ2v) is 3.20. The lowest BCUT2D eigenvalue weighted by Gasteiger charge is -2.06. The van der Waals surface area contributed by atoms with Gasteiger partial charge in [-0.15, -0.1) is 0 Å². The van der Waals surface area contributed by atoms with Crippen LogP contribution < -0.4 is 11.1 Å². The van der Waals surface area contributed by atoms with Crippen molar-refractivity contribution in [2.24, 2.45) is 5.73 Å². The summed E-state index contributed by atoms with van der Waals surface area (Å²) in [5.41, 5.74) is 6.52. The molecule has 0 aliphatic heterocycles. The van der Waals surface area contributed by atoms with Gasteiger partial charge in [0.15, 0.2) is 0 Å². The van der Waals surface area contributed by atoms with Crippen molar-refractivity contribution >= 4 is 23.6 Å². The summed E-state index contributed by atoms with van der Waals surface area (Å²) < 4.78 is 4.48. The zero-order valence-electron chi connectivity index (χ0n) is 9.47. The van der Waals surface area contributed by atoms with Gasteiger partial charge >= 0.3 is 5.97 Å². The summed E-state index contributed by atoms with van der Waals surface area (Å²) >= 11 is 0. The van der Waals surface area contributed by atoms with Gasteiger partial charge in [0.2, 0.25) is 5.91 Å². The Morgan fingerprint density at radius 1 is 1.41 bits per heavy atom. The molecule has 0 unspecified atom stereocenters. The maximum atomic E-state index is 11.2. The van der Waals surface area contributed by atoms with Crippen LogP contribution in [0.1, 0.15) is 5.56 Å². The SMILES string of the molecule is COC(=O)/C=C/c1ccccc1NC(=O)CN. The van der Waals surface area contributed by atoms with Crippen molar-refractivity contribution in [2.45, 2.75) is 0 Å². The Bertz CT molecular complexity index is 441. The molecule has 90 valence electrons. The van der Waals surface area contributed by atoms with Crippen LogP contribution in [0.25, 0.3) is 6.08 Å². The van der Waals surface area contributed by atoms with Gasteiger partial charge in [-0.25, -0.2) is 4.79 Å². The van der Waals surface area contributed by atoms with Gasteiger partial charge in [0.25, 0.3) is 0 Å². The largest absolute Gasteiger partial charge is 0.466 e. The molecule has 3 N–H and O–H groups in total. The van der Waals surface area contributed by atoms with E-state index in [0.29, 0.717) is 11.3 Å². The second kappa shape index (κ2) is 6.44. The predicted octanol–water partition coefficient (Wildman–Crippen LogP) is 0.770. The molecule has 0 atom stereocenters. The fourth-order valence-corrected chi connectivity index (χ4v) is 1.18. The van der Waals surface area contributed by atoms with Gasteiger partial charge in [0.05, 0.1) is 13.7 Å². The van der Waals surface area contributed by atoms with Crippen LogP contribution in [0.5, 0.6) is 0 Å². The molecule has 0 spiro atoms. The Labute approximate surface area is 99.3 Å². The highest BCUT2D eigenvalue weighted by molar-refractivity contribution is 5.95. The van der Waals surface area contributed by atoms with Gasteiger partial charge in [-0.2, -0.15) is 0 Å². The van der Waals surface area contributed by atoms with Gasteiger partial charge in [-0.05, 0) is 17.7 Å². The minimum absolute atomic E-state index is 0.0882. The van der Waals surface area contributed by atoms with Crippen LogP contribution in [-0.4, -0.2) is 25.5 Å². The van der Waals surface area contributed by atoms with Crippen molar-refractivity contribution in [3.63, 3.8) is 0 Å². The van der Waals surface area contributed by atoms with E-state index in [2.05, 4.69) is 10.1 Å². The summed E-state index contributed by atoms with van der Waals surface area (Å²) in [4.78, 5) is 22.1. The number of carbonyl (C=O) groups is 2. The quantitative estimate of drug-likeness (QED) is 0.595. The average Bonchev–Trinajstić information content (AvgIpc) is 2.37. The molecule has 0 saturated carbocycles. The van der Waals surface area contributed by atoms with Crippen LogP contribution in [0, 0.1) is 0 Å². The molecule has 0 radical (unpaired) electrons. The Kier molecular flexibility index (Phi) is 4.90. The summed E-state index contributed by atoms with van der Waals surface area (Å²) in [5, 5.41) is 2.63. The molecular weight excluding hydrogens is 220 g/mol. The van der Waals surface area contributed by atoms with Crippen LogP contribution in [-0.2, 0) is 14.3 Å². The third-order valence-electron chi connectivity index (χ3n) is 2.02. The number of hydrogen-bond acceptors (Lipinski definition) is 4. The lowest BCUT2D eigenvalue weighted by atomic mass is 10.1. The molecule has 0 bridgehead atoms. The molecule has 5 nitrogen and oxygen atoms in total. The first-order valence-corrected chi connectivity index (χ1v) is 5.02. The normalized spacial score (nSPS) is 10.2. The van der Waals surface area contributed by atoms with E-state index in [1.165, 1.54) is 13.2 Å². The number of methoxy groups -OCH3 is 1. The van der Waals surface area contributed by atoms with Gasteiger partial charge in [0, 0.05) is 11.8 Å². The molecule has 1 amide bonds. The van der Waals surface area contributed by atoms with Crippen LogP contribution in [0.4, 0.5) is 5.69 Å². The van der Waals surface area contributed by atoms with E-state index < -0.39 is 5.97 Å². The molecule has 1 aromatic carbocycles. The smallest absolute Gasteiger partial charge is 0.330 e. The van der Waals surface area contributed by atoms with E-state index in [4.69, 9.17) is 5.73 Å². The van der Waals surface area contributed by atoms with Gasteiger partial charge in [0.1, 0.15) is 0 Å². The van der Waals surface area contributed by atoms with Crippen molar-refractivity contribution in [3.8, 4) is 0 Å². The molecule has 0 heterocycles. The number of esters is 1. The maximum absolute atomic E-state index is 11.2. The monoisotopic (exact) mass is 234 g/mol. The molecule has 1 rings (SSSR count). The highest BCUT2D eigenvalue weighted by atomic mass is 16.5. The van der Waals surface area contributed by atoms with E-state index >= 15 is 0 Å². The number of nitrogens with two attached hydrogens (primary N) is 1. The molecular formula is C12H14N2O3. The number of amides is 1. The topological polar surface area (TPSA) is 81.4 Å². The van der Waals surface area contributed by atoms with Gasteiger partial charge in [-0.3, -0.25) is 4.79 Å². The van der Waals surface area contributed by atoms with Crippen molar-refractivity contribution < 1.29 is 14.3 Å². The first kappa shape index (κ1) is 12.9. The molecule has 0 fully saturated rings. The summed E-state index contributed by atoms with van der Waals surface area (Å²) in [6.45, 7) is -0.0882. The number of hydrogen-bond donors (Lipinski definition) is 2. The Balaban J connectivity index is 2.88. The standard InChI is InChI=1S/C12H14N2O3/c1-17-12(16)7-6-9-4-2-3-5-10(9)14-11(15)8-13/h2-7H,8,13H2,1H3,(H,14,15)/b7-6+. The zero-order valence-corrected chi connectivity index (χ0v) is 9.47. The zero-order chi connectivity index (χ0) is 12.7. The lowest BCUT2D eigenvalue weighted by molar-refractivity contribution is -0.134. The second-order valence-electron chi connectivity index (χ2n) is 3.20. The summed E-state index contributed by atoms with van der Waals surface area (Å²) in [5.74, 6) is -0.742. The van der Waals surface area contributed by atoms with Crippen LogP contribution in [0.15, 0.2) is 30.3 Å². The number of para-hydroxylation sites is 1. The Morgan fingerprint density at radius 2 is 2.12 bits per heavy atom. The number of benzene rings is 1. The molecule has 1 aromatic rings. The van der Waals surface area contributed by atoms with E-state index in [1.807, 2.05) is 0 Å². The van der Waals surface area contributed by atoms with Crippen molar-refractivity contribution in [1.29, 1.82) is 0 Å². The number of nitrogens with one attached hydrogen (secondary N) is 1. The predicted molar refractivity (Wildman–Crippen MR) is 65.2 cm³/mol. The summed E-state index contributed by atoms with van der Waals surface area (Å²) in [7, 11) is 1.30. The van der Waals surface area contributed by atoms with E-state index in [1.54, 1.807) is 30.3 Å². The fourth-order valence-electron chi connectivity index (χ4n) is 1.18. The average molecular weight is 234 g/mol. The minimum atomic E-state index is -0.454. The fraction of sp³-hybridized carbons (Fsp3) is 0.167. The third kappa shape index (κ3) is 4.08. The molecule has 0 aliphatic carbocycles. The highest BCUT2D eigenvalue weighted by Gasteiger charge is 2.03. The van der Waals surface area contributed by atoms with Crippen molar-refractivity contribution in [2.75, 3.05) is 19.0 Å². The number of ether oxygens (including phenoxy) is 1. The third-order valence-corrected chi connectivity index (χ3v) is 2.02. The van der Waals surface area contributed by atoms with Crippen LogP contribution in [0.2, 0.25) is 0 Å². The van der Waals surface area contributed by atoms with E-state index in [9.17, 15) is 9.59 Å². The molecule has 0 saturated heterocycles. The van der Waals surface area contributed by atoms with Crippen molar-refractivity contribution in [3.05, 3.63) is 35.9 Å². The van der Waals surface area contributed by atoms with E-state index in [-0.39, 0.29) is 12.5 Å². The lowest BCUT2D eigenvalue weighted by Crippen LogP contribution is -2.22. The van der Waals surface area contributed by atoms with Crippen LogP contribution in [0.3, 0.4) is 0 Å². The van der Waals surface area contributed by atoms with Crippen LogP contribution >= 0.6 is 0 Å². The molecule has 5 heteroatoms. The van der Waals surface area contributed by atoms with E-state index in [0.717, 1.165) is 0 Å². The molecule has 0 aliphatic rings. The first-order chi connectivity index (χ1) is 8.17. The summed E-state index contributed by atoms with van der Waals surface area (Å²) in [6.07, 6.45) is 2.85. The first-order valence-electron chi connectivity index (χ1n) is 5.02. The molecule has 0 aromatic heterocycles. The van der Waals surface area contributed by atoms with Gasteiger partial charge in [-0.1, -0.05) is 18.2 Å². The highest BCUT2D eigenvalue weighted by Crippen LogP contribution is 2.16. The Hall–Kier alpha value is -2.14. The Morgan fingerprint density at radius 3 is 2.76 bits per heavy atom. The minimum Gasteiger partial charge on any atom is -0.466 e. The number of anilines is 1. The van der Waals surface area contributed by atoms with Gasteiger partial charge < -0.3 is 15.8 Å². The molecule has 17 heavy (non-hydrogen) atoms. The number of rotatable bonds is 4. The van der Waals surface area contributed by atoms with Crippen molar-refractivity contribution in [1.82, 2.24) is 0 Å².